The highest BCUT2D eigenvalue weighted by Crippen LogP contribution is 2.21. The van der Waals surface area contributed by atoms with Crippen LogP contribution in [0, 0.1) is 5.92 Å². The Morgan fingerprint density at radius 1 is 1.50 bits per heavy atom. The third-order valence-electron chi connectivity index (χ3n) is 2.32. The summed E-state index contributed by atoms with van der Waals surface area (Å²) in [5.74, 6) is 0.880. The molecule has 2 heteroatoms. The maximum absolute atomic E-state index is 11.1. The first-order valence-corrected chi connectivity index (χ1v) is 3.87. The summed E-state index contributed by atoms with van der Waals surface area (Å²) < 4.78 is 0. The SMILES string of the molecule is CC1CC(=O)N(C)[C@H](C)C1. The minimum absolute atomic E-state index is 0.297. The van der Waals surface area contributed by atoms with Gasteiger partial charge in [0.2, 0.25) is 5.91 Å². The Hall–Kier alpha value is -0.530. The lowest BCUT2D eigenvalue weighted by Gasteiger charge is -2.33. The molecule has 0 aliphatic carbocycles. The van der Waals surface area contributed by atoms with Crippen molar-refractivity contribution in [2.75, 3.05) is 7.05 Å². The van der Waals surface area contributed by atoms with Crippen molar-refractivity contribution in [3.8, 4) is 0 Å². The number of hydrogen-bond donors (Lipinski definition) is 0. The minimum atomic E-state index is 0.297. The molecule has 1 fully saturated rings. The van der Waals surface area contributed by atoms with Gasteiger partial charge in [0.15, 0.2) is 0 Å². The van der Waals surface area contributed by atoms with Crippen LogP contribution < -0.4 is 0 Å². The van der Waals surface area contributed by atoms with Crippen LogP contribution in [0.4, 0.5) is 0 Å². The molecule has 0 aromatic carbocycles. The molecular formula is C8H15NO. The highest BCUT2D eigenvalue weighted by atomic mass is 16.2. The van der Waals surface area contributed by atoms with Crippen molar-refractivity contribution < 1.29 is 4.79 Å². The summed E-state index contributed by atoms with van der Waals surface area (Å²) in [7, 11) is 1.89. The quantitative estimate of drug-likeness (QED) is 0.497. The molecule has 1 rings (SSSR count). The monoisotopic (exact) mass is 141 g/mol. The molecule has 0 spiro atoms. The molecule has 0 N–H and O–H groups in total. The topological polar surface area (TPSA) is 20.3 Å². The van der Waals surface area contributed by atoms with Gasteiger partial charge in [0.05, 0.1) is 0 Å². The van der Waals surface area contributed by atoms with Gasteiger partial charge in [-0.15, -0.1) is 0 Å². The van der Waals surface area contributed by atoms with Crippen LogP contribution >= 0.6 is 0 Å². The smallest absolute Gasteiger partial charge is 0.222 e. The first-order chi connectivity index (χ1) is 4.61. The fraction of sp³-hybridized carbons (Fsp3) is 0.875. The van der Waals surface area contributed by atoms with Crippen molar-refractivity contribution in [3.05, 3.63) is 0 Å². The van der Waals surface area contributed by atoms with E-state index in [-0.39, 0.29) is 0 Å². The minimum Gasteiger partial charge on any atom is -0.343 e. The molecule has 1 amide bonds. The lowest BCUT2D eigenvalue weighted by molar-refractivity contribution is -0.135. The van der Waals surface area contributed by atoms with Gasteiger partial charge in [-0.3, -0.25) is 4.79 Å². The molecule has 1 unspecified atom stereocenters. The molecule has 1 heterocycles. The fourth-order valence-electron chi connectivity index (χ4n) is 1.51. The number of amides is 1. The number of hydrogen-bond acceptors (Lipinski definition) is 1. The van der Waals surface area contributed by atoms with Gasteiger partial charge in [-0.05, 0) is 19.3 Å². The molecule has 0 radical (unpaired) electrons. The molecule has 0 bridgehead atoms. The van der Waals surface area contributed by atoms with Crippen LogP contribution in [0.15, 0.2) is 0 Å². The molecule has 0 aromatic heterocycles. The molecule has 10 heavy (non-hydrogen) atoms. The Morgan fingerprint density at radius 2 is 2.10 bits per heavy atom. The third-order valence-corrected chi connectivity index (χ3v) is 2.32. The van der Waals surface area contributed by atoms with E-state index in [1.165, 1.54) is 0 Å². The van der Waals surface area contributed by atoms with Crippen LogP contribution in [-0.2, 0) is 4.79 Å². The standard InChI is InChI=1S/C8H15NO/c1-6-4-7(2)9(3)8(10)5-6/h6-7H,4-5H2,1-3H3/t6?,7-/m1/s1. The van der Waals surface area contributed by atoms with Crippen LogP contribution in [0.5, 0.6) is 0 Å². The first kappa shape index (κ1) is 7.58. The highest BCUT2D eigenvalue weighted by molar-refractivity contribution is 5.77. The molecule has 2 nitrogen and oxygen atoms in total. The Kier molecular flexibility index (Phi) is 1.97. The highest BCUT2D eigenvalue weighted by Gasteiger charge is 2.25. The predicted octanol–water partition coefficient (Wildman–Crippen LogP) is 1.26. The van der Waals surface area contributed by atoms with Gasteiger partial charge < -0.3 is 4.90 Å². The van der Waals surface area contributed by atoms with E-state index in [4.69, 9.17) is 0 Å². The number of piperidine rings is 1. The molecule has 1 aliphatic rings. The van der Waals surface area contributed by atoms with Crippen LogP contribution in [0.1, 0.15) is 26.7 Å². The second kappa shape index (κ2) is 2.60. The van der Waals surface area contributed by atoms with E-state index >= 15 is 0 Å². The molecule has 0 saturated carbocycles. The Bertz CT molecular complexity index is 144. The van der Waals surface area contributed by atoms with E-state index < -0.39 is 0 Å². The first-order valence-electron chi connectivity index (χ1n) is 3.87. The van der Waals surface area contributed by atoms with Gasteiger partial charge in [0, 0.05) is 19.5 Å². The molecule has 1 saturated heterocycles. The number of nitrogens with zero attached hydrogens (tertiary/aromatic N) is 1. The van der Waals surface area contributed by atoms with Gasteiger partial charge in [-0.2, -0.15) is 0 Å². The van der Waals surface area contributed by atoms with Gasteiger partial charge in [0.25, 0.3) is 0 Å². The van der Waals surface area contributed by atoms with Gasteiger partial charge in [-0.1, -0.05) is 6.92 Å². The van der Waals surface area contributed by atoms with Crippen LogP contribution in [0.3, 0.4) is 0 Å². The predicted molar refractivity (Wildman–Crippen MR) is 40.6 cm³/mol. The van der Waals surface area contributed by atoms with Crippen LogP contribution in [0.25, 0.3) is 0 Å². The van der Waals surface area contributed by atoms with E-state index in [2.05, 4.69) is 13.8 Å². The summed E-state index contributed by atoms with van der Waals surface area (Å²) in [4.78, 5) is 13.0. The number of likely N-dealkylation sites (tertiary alicyclic amines) is 1. The van der Waals surface area contributed by atoms with Gasteiger partial charge in [0.1, 0.15) is 0 Å². The summed E-state index contributed by atoms with van der Waals surface area (Å²) in [5.41, 5.74) is 0. The average molecular weight is 141 g/mol. The molecular weight excluding hydrogens is 126 g/mol. The normalized spacial score (nSPS) is 34.7. The zero-order valence-corrected chi connectivity index (χ0v) is 6.92. The zero-order valence-electron chi connectivity index (χ0n) is 6.92. The molecule has 2 atom stereocenters. The van der Waals surface area contributed by atoms with Gasteiger partial charge >= 0.3 is 0 Å². The maximum atomic E-state index is 11.1. The van der Waals surface area contributed by atoms with Crippen LogP contribution in [0.2, 0.25) is 0 Å². The van der Waals surface area contributed by atoms with E-state index in [0.717, 1.165) is 12.8 Å². The van der Waals surface area contributed by atoms with Gasteiger partial charge in [-0.25, -0.2) is 0 Å². The molecule has 58 valence electrons. The molecule has 0 aromatic rings. The molecule has 1 aliphatic heterocycles. The lowest BCUT2D eigenvalue weighted by atomic mass is 9.93. The second-order valence-corrected chi connectivity index (χ2v) is 3.40. The summed E-state index contributed by atoms with van der Waals surface area (Å²) >= 11 is 0. The fourth-order valence-corrected chi connectivity index (χ4v) is 1.51. The van der Waals surface area contributed by atoms with Crippen molar-refractivity contribution in [1.82, 2.24) is 4.90 Å². The third kappa shape index (κ3) is 1.31. The van der Waals surface area contributed by atoms with Crippen molar-refractivity contribution in [2.45, 2.75) is 32.7 Å². The maximum Gasteiger partial charge on any atom is 0.222 e. The van der Waals surface area contributed by atoms with E-state index in [0.29, 0.717) is 17.9 Å². The lowest BCUT2D eigenvalue weighted by Crippen LogP contribution is -2.41. The van der Waals surface area contributed by atoms with Crippen molar-refractivity contribution in [2.24, 2.45) is 5.92 Å². The average Bonchev–Trinajstić information content (AvgIpc) is 1.82. The van der Waals surface area contributed by atoms with Crippen molar-refractivity contribution in [3.63, 3.8) is 0 Å². The van der Waals surface area contributed by atoms with Crippen LogP contribution in [-0.4, -0.2) is 23.9 Å². The number of carbonyl (C=O) groups is 1. The Morgan fingerprint density at radius 3 is 2.60 bits per heavy atom. The summed E-state index contributed by atoms with van der Waals surface area (Å²) in [6, 6.07) is 0.441. The van der Waals surface area contributed by atoms with E-state index in [1.807, 2.05) is 11.9 Å². The Balaban J connectivity index is 2.57. The van der Waals surface area contributed by atoms with E-state index in [9.17, 15) is 4.79 Å². The summed E-state index contributed by atoms with van der Waals surface area (Å²) in [6.07, 6.45) is 1.89. The number of carbonyl (C=O) groups excluding carboxylic acids is 1. The summed E-state index contributed by atoms with van der Waals surface area (Å²) in [5, 5.41) is 0. The number of rotatable bonds is 0. The van der Waals surface area contributed by atoms with E-state index in [1.54, 1.807) is 0 Å². The zero-order chi connectivity index (χ0) is 7.72. The largest absolute Gasteiger partial charge is 0.343 e. The van der Waals surface area contributed by atoms with Crippen molar-refractivity contribution >= 4 is 5.91 Å². The Labute approximate surface area is 62.2 Å². The summed E-state index contributed by atoms with van der Waals surface area (Å²) in [6.45, 7) is 4.24. The van der Waals surface area contributed by atoms with Crippen molar-refractivity contribution in [1.29, 1.82) is 0 Å². The second-order valence-electron chi connectivity index (χ2n) is 3.40.